The fraction of sp³-hybridized carbons (Fsp3) is 0.412. The molecule has 1 fully saturated rings. The molecule has 6 nitrogen and oxygen atoms in total. The van der Waals surface area contributed by atoms with Crippen molar-refractivity contribution in [2.24, 2.45) is 0 Å². The number of aryl methyl sites for hydroxylation is 1. The zero-order valence-corrected chi connectivity index (χ0v) is 13.2. The summed E-state index contributed by atoms with van der Waals surface area (Å²) in [5, 5.41) is 12.3. The minimum Gasteiger partial charge on any atom is -0.379 e. The lowest BCUT2D eigenvalue weighted by Crippen LogP contribution is -2.42. The Kier molecular flexibility index (Phi) is 4.67. The van der Waals surface area contributed by atoms with Crippen molar-refractivity contribution in [3.05, 3.63) is 42.1 Å². The molecule has 6 heteroatoms. The van der Waals surface area contributed by atoms with E-state index >= 15 is 0 Å². The van der Waals surface area contributed by atoms with Crippen LogP contribution in [0.1, 0.15) is 31.2 Å². The van der Waals surface area contributed by atoms with Crippen molar-refractivity contribution in [3.63, 3.8) is 0 Å². The predicted octanol–water partition coefficient (Wildman–Crippen LogP) is 2.39. The van der Waals surface area contributed by atoms with Crippen LogP contribution in [0.15, 0.2) is 30.7 Å². The maximum atomic E-state index is 8.80. The number of nitriles is 1. The molecule has 2 aromatic heterocycles. The molecule has 1 N–H and O–H groups in total. The molecule has 23 heavy (non-hydrogen) atoms. The number of nitrogens with zero attached hydrogens (tertiary/aromatic N) is 5. The molecule has 0 spiro atoms. The van der Waals surface area contributed by atoms with Crippen LogP contribution in [0, 0.1) is 11.3 Å². The van der Waals surface area contributed by atoms with Gasteiger partial charge < -0.3 is 10.2 Å². The molecule has 1 saturated heterocycles. The zero-order valence-electron chi connectivity index (χ0n) is 13.2. The Bertz CT molecular complexity index is 691. The molecular weight excluding hydrogens is 288 g/mol. The highest BCUT2D eigenvalue weighted by molar-refractivity contribution is 5.46. The van der Waals surface area contributed by atoms with Gasteiger partial charge in [-0.25, -0.2) is 15.0 Å². The monoisotopic (exact) mass is 308 g/mol. The van der Waals surface area contributed by atoms with Crippen LogP contribution in [-0.4, -0.2) is 34.1 Å². The van der Waals surface area contributed by atoms with E-state index in [9.17, 15) is 0 Å². The van der Waals surface area contributed by atoms with E-state index in [1.54, 1.807) is 18.6 Å². The van der Waals surface area contributed by atoms with Crippen LogP contribution < -0.4 is 10.2 Å². The predicted molar refractivity (Wildman–Crippen MR) is 89.2 cm³/mol. The molecule has 0 saturated carbocycles. The lowest BCUT2D eigenvalue weighted by atomic mass is 10.1. The van der Waals surface area contributed by atoms with Gasteiger partial charge in [0.1, 0.15) is 23.9 Å². The zero-order chi connectivity index (χ0) is 16.1. The summed E-state index contributed by atoms with van der Waals surface area (Å²) in [5.41, 5.74) is 2.46. The van der Waals surface area contributed by atoms with Crippen molar-refractivity contribution < 1.29 is 0 Å². The van der Waals surface area contributed by atoms with Gasteiger partial charge in [0.25, 0.3) is 0 Å². The van der Waals surface area contributed by atoms with Crippen molar-refractivity contribution in [1.29, 1.82) is 5.26 Å². The maximum Gasteiger partial charge on any atom is 0.140 e. The summed E-state index contributed by atoms with van der Waals surface area (Å²) >= 11 is 0. The van der Waals surface area contributed by atoms with Gasteiger partial charge in [0.05, 0.1) is 11.9 Å². The van der Waals surface area contributed by atoms with Gasteiger partial charge in [0.15, 0.2) is 0 Å². The third kappa shape index (κ3) is 3.75. The number of hydrogen-bond acceptors (Lipinski definition) is 6. The molecule has 3 rings (SSSR count). The second-order valence-corrected chi connectivity index (χ2v) is 5.69. The Labute approximate surface area is 136 Å². The Hall–Kier alpha value is -2.68. The SMILES string of the molecule is CCc1cc(N2CCCC(Nc3ccc(C#N)nc3)C2)ncn1. The van der Waals surface area contributed by atoms with Crippen LogP contribution in [0.2, 0.25) is 0 Å². The number of nitrogens with one attached hydrogen (secondary N) is 1. The smallest absolute Gasteiger partial charge is 0.140 e. The summed E-state index contributed by atoms with van der Waals surface area (Å²) in [4.78, 5) is 15.1. The number of anilines is 2. The molecule has 0 aromatic carbocycles. The average Bonchev–Trinajstić information content (AvgIpc) is 2.63. The average molecular weight is 308 g/mol. The van der Waals surface area contributed by atoms with E-state index in [0.29, 0.717) is 11.7 Å². The molecule has 0 aliphatic carbocycles. The van der Waals surface area contributed by atoms with Crippen molar-refractivity contribution in [3.8, 4) is 6.07 Å². The first-order valence-electron chi connectivity index (χ1n) is 7.97. The van der Waals surface area contributed by atoms with Crippen LogP contribution in [0.4, 0.5) is 11.5 Å². The highest BCUT2D eigenvalue weighted by atomic mass is 15.2. The summed E-state index contributed by atoms with van der Waals surface area (Å²) in [6.45, 7) is 4.02. The van der Waals surface area contributed by atoms with E-state index in [2.05, 4.69) is 38.2 Å². The van der Waals surface area contributed by atoms with Crippen LogP contribution in [0.25, 0.3) is 0 Å². The minimum absolute atomic E-state index is 0.346. The first-order chi connectivity index (χ1) is 11.3. The second kappa shape index (κ2) is 7.05. The molecule has 0 radical (unpaired) electrons. The van der Waals surface area contributed by atoms with Gasteiger partial charge in [-0.2, -0.15) is 5.26 Å². The van der Waals surface area contributed by atoms with E-state index in [0.717, 1.165) is 49.6 Å². The Morgan fingerprint density at radius 1 is 1.35 bits per heavy atom. The molecule has 0 amide bonds. The van der Waals surface area contributed by atoms with Gasteiger partial charge in [-0.1, -0.05) is 6.92 Å². The first-order valence-corrected chi connectivity index (χ1v) is 7.97. The molecule has 2 aromatic rings. The van der Waals surface area contributed by atoms with Crippen molar-refractivity contribution in [2.75, 3.05) is 23.3 Å². The van der Waals surface area contributed by atoms with E-state index in [1.165, 1.54) is 0 Å². The number of piperidine rings is 1. The molecule has 118 valence electrons. The van der Waals surface area contributed by atoms with Crippen LogP contribution in [0.3, 0.4) is 0 Å². The number of hydrogen-bond donors (Lipinski definition) is 1. The van der Waals surface area contributed by atoms with Crippen molar-refractivity contribution in [1.82, 2.24) is 15.0 Å². The largest absolute Gasteiger partial charge is 0.379 e. The molecule has 3 heterocycles. The molecule has 1 unspecified atom stereocenters. The van der Waals surface area contributed by atoms with E-state index < -0.39 is 0 Å². The van der Waals surface area contributed by atoms with Gasteiger partial charge in [-0.05, 0) is 31.4 Å². The Morgan fingerprint density at radius 3 is 3.00 bits per heavy atom. The molecule has 1 atom stereocenters. The normalized spacial score (nSPS) is 17.6. The number of aromatic nitrogens is 3. The van der Waals surface area contributed by atoms with Crippen molar-refractivity contribution in [2.45, 2.75) is 32.2 Å². The number of rotatable bonds is 4. The Balaban J connectivity index is 1.66. The second-order valence-electron chi connectivity index (χ2n) is 5.69. The van der Waals surface area contributed by atoms with Gasteiger partial charge in [-0.3, -0.25) is 0 Å². The standard InChI is InChI=1S/C17H20N6/c1-2-13-8-17(21-12-20-13)23-7-3-4-16(11-23)22-15-6-5-14(9-18)19-10-15/h5-6,8,10,12,16,22H,2-4,7,11H2,1H3. The highest BCUT2D eigenvalue weighted by Gasteiger charge is 2.21. The Morgan fingerprint density at radius 2 is 2.26 bits per heavy atom. The van der Waals surface area contributed by atoms with Gasteiger partial charge in [0, 0.05) is 30.9 Å². The lowest BCUT2D eigenvalue weighted by molar-refractivity contribution is 0.526. The third-order valence-corrected chi connectivity index (χ3v) is 4.07. The maximum absolute atomic E-state index is 8.80. The fourth-order valence-electron chi connectivity index (χ4n) is 2.84. The lowest BCUT2D eigenvalue weighted by Gasteiger charge is -2.34. The van der Waals surface area contributed by atoms with E-state index in [1.807, 2.05) is 12.1 Å². The summed E-state index contributed by atoms with van der Waals surface area (Å²) in [6, 6.07) is 8.10. The first kappa shape index (κ1) is 15.2. The minimum atomic E-state index is 0.346. The van der Waals surface area contributed by atoms with Crippen LogP contribution in [0.5, 0.6) is 0 Å². The third-order valence-electron chi connectivity index (χ3n) is 4.07. The summed E-state index contributed by atoms with van der Waals surface area (Å²) in [7, 11) is 0. The highest BCUT2D eigenvalue weighted by Crippen LogP contribution is 2.20. The summed E-state index contributed by atoms with van der Waals surface area (Å²) in [6.07, 6.45) is 6.52. The van der Waals surface area contributed by atoms with Gasteiger partial charge in [0.2, 0.25) is 0 Å². The molecule has 1 aliphatic heterocycles. The topological polar surface area (TPSA) is 77.7 Å². The van der Waals surface area contributed by atoms with Crippen LogP contribution >= 0.6 is 0 Å². The number of pyridine rings is 1. The van der Waals surface area contributed by atoms with Gasteiger partial charge in [-0.15, -0.1) is 0 Å². The molecule has 0 bridgehead atoms. The van der Waals surface area contributed by atoms with E-state index in [-0.39, 0.29) is 0 Å². The van der Waals surface area contributed by atoms with E-state index in [4.69, 9.17) is 5.26 Å². The fourth-order valence-corrected chi connectivity index (χ4v) is 2.84. The summed E-state index contributed by atoms with van der Waals surface area (Å²) < 4.78 is 0. The molecular formula is C17H20N6. The van der Waals surface area contributed by atoms with Crippen molar-refractivity contribution >= 4 is 11.5 Å². The quantitative estimate of drug-likeness (QED) is 0.934. The van der Waals surface area contributed by atoms with Crippen LogP contribution in [-0.2, 0) is 6.42 Å². The summed E-state index contributed by atoms with van der Waals surface area (Å²) in [5.74, 6) is 1.00. The van der Waals surface area contributed by atoms with Gasteiger partial charge >= 0.3 is 0 Å². The molecule has 1 aliphatic rings.